The van der Waals surface area contributed by atoms with Gasteiger partial charge in [-0.2, -0.15) is 0 Å². The number of carboxylic acids is 1. The average molecular weight is 312 g/mol. The van der Waals surface area contributed by atoms with Crippen molar-refractivity contribution in [3.63, 3.8) is 0 Å². The van der Waals surface area contributed by atoms with Gasteiger partial charge in [0.2, 0.25) is 5.91 Å². The Kier molecular flexibility index (Phi) is 4.17. The highest BCUT2D eigenvalue weighted by molar-refractivity contribution is 7.90. The number of hydrogen-bond donors (Lipinski definition) is 2. The van der Waals surface area contributed by atoms with E-state index < -0.39 is 15.8 Å². The summed E-state index contributed by atoms with van der Waals surface area (Å²) in [5, 5.41) is 11.8. The molecule has 0 unspecified atom stereocenters. The Morgan fingerprint density at radius 1 is 1.38 bits per heavy atom. The van der Waals surface area contributed by atoms with Crippen LogP contribution in [0.2, 0.25) is 0 Å². The van der Waals surface area contributed by atoms with E-state index in [9.17, 15) is 18.0 Å². The molecule has 1 aliphatic heterocycles. The number of nitrogens with one attached hydrogen (secondary N) is 1. The molecular weight excluding hydrogens is 296 g/mol. The lowest BCUT2D eigenvalue weighted by Crippen LogP contribution is -2.24. The second-order valence-electron chi connectivity index (χ2n) is 4.97. The van der Waals surface area contributed by atoms with Gasteiger partial charge in [0.15, 0.2) is 9.84 Å². The summed E-state index contributed by atoms with van der Waals surface area (Å²) in [6.07, 6.45) is 2.23. The Balaban J connectivity index is 2.34. The molecule has 0 aromatic heterocycles. The van der Waals surface area contributed by atoms with Gasteiger partial charge in [0, 0.05) is 30.6 Å². The van der Waals surface area contributed by atoms with Gasteiger partial charge in [-0.15, -0.1) is 0 Å². The molecule has 21 heavy (non-hydrogen) atoms. The van der Waals surface area contributed by atoms with E-state index in [-0.39, 0.29) is 17.3 Å². The zero-order valence-corrected chi connectivity index (χ0v) is 12.3. The van der Waals surface area contributed by atoms with Crippen molar-refractivity contribution >= 4 is 33.1 Å². The third kappa shape index (κ3) is 3.94. The minimum Gasteiger partial charge on any atom is -0.478 e. The summed E-state index contributed by atoms with van der Waals surface area (Å²) in [6, 6.07) is 4.34. The molecule has 1 saturated heterocycles. The van der Waals surface area contributed by atoms with Gasteiger partial charge in [0.05, 0.1) is 5.56 Å². The second kappa shape index (κ2) is 5.72. The van der Waals surface area contributed by atoms with E-state index >= 15 is 0 Å². The predicted molar refractivity (Wildman–Crippen MR) is 78.3 cm³/mol. The Hall–Kier alpha value is -2.09. The molecule has 8 heteroatoms. The van der Waals surface area contributed by atoms with Crippen LogP contribution in [0.25, 0.3) is 0 Å². The highest BCUT2D eigenvalue weighted by atomic mass is 32.2. The third-order valence-corrected chi connectivity index (χ3v) is 3.76. The molecule has 0 aliphatic carbocycles. The van der Waals surface area contributed by atoms with Gasteiger partial charge in [-0.3, -0.25) is 4.79 Å². The smallest absolute Gasteiger partial charge is 0.335 e. The van der Waals surface area contributed by atoms with Crippen molar-refractivity contribution in [1.82, 2.24) is 0 Å². The average Bonchev–Trinajstić information content (AvgIpc) is 2.81. The number of benzene rings is 1. The number of aromatic carboxylic acids is 1. The van der Waals surface area contributed by atoms with E-state index in [1.807, 2.05) is 0 Å². The molecule has 0 bridgehead atoms. The summed E-state index contributed by atoms with van der Waals surface area (Å²) in [7, 11) is -3.24. The number of carboxylic acid groups (broad SMARTS) is 1. The summed E-state index contributed by atoms with van der Waals surface area (Å²) in [5.74, 6) is -1.50. The molecule has 1 aliphatic rings. The maximum atomic E-state index is 11.7. The molecule has 0 atom stereocenters. The number of nitrogens with zero attached hydrogens (tertiary/aromatic N) is 1. The summed E-state index contributed by atoms with van der Waals surface area (Å²) < 4.78 is 22.3. The van der Waals surface area contributed by atoms with Crippen LogP contribution in [0.1, 0.15) is 23.2 Å². The fourth-order valence-corrected chi connectivity index (χ4v) is 2.56. The largest absolute Gasteiger partial charge is 0.478 e. The fraction of sp³-hybridized carbons (Fsp3) is 0.385. The first kappa shape index (κ1) is 15.3. The van der Waals surface area contributed by atoms with Crippen molar-refractivity contribution < 1.29 is 23.1 Å². The van der Waals surface area contributed by atoms with E-state index in [0.717, 1.165) is 12.7 Å². The van der Waals surface area contributed by atoms with Crippen molar-refractivity contribution in [3.8, 4) is 0 Å². The second-order valence-corrected chi connectivity index (χ2v) is 7.11. The van der Waals surface area contributed by atoms with E-state index in [1.54, 1.807) is 6.07 Å². The Morgan fingerprint density at radius 2 is 2.10 bits per heavy atom. The van der Waals surface area contributed by atoms with Crippen LogP contribution >= 0.6 is 0 Å². The highest BCUT2D eigenvalue weighted by Crippen LogP contribution is 2.26. The van der Waals surface area contributed by atoms with E-state index in [0.29, 0.717) is 24.3 Å². The van der Waals surface area contributed by atoms with Crippen LogP contribution in [0.5, 0.6) is 0 Å². The van der Waals surface area contributed by atoms with Crippen molar-refractivity contribution in [2.24, 2.45) is 0 Å². The van der Waals surface area contributed by atoms with Crippen molar-refractivity contribution in [2.75, 3.05) is 28.9 Å². The SMILES string of the molecule is CS(=O)(=O)CNc1cc(C(=O)O)cc(N2CCCC2=O)c1. The molecule has 1 aromatic carbocycles. The van der Waals surface area contributed by atoms with Gasteiger partial charge >= 0.3 is 5.97 Å². The molecule has 1 heterocycles. The highest BCUT2D eigenvalue weighted by Gasteiger charge is 2.23. The van der Waals surface area contributed by atoms with E-state index in [4.69, 9.17) is 5.11 Å². The Morgan fingerprint density at radius 3 is 2.62 bits per heavy atom. The molecule has 2 N–H and O–H groups in total. The molecule has 0 spiro atoms. The molecule has 0 radical (unpaired) electrons. The number of carbonyl (C=O) groups is 2. The quantitative estimate of drug-likeness (QED) is 0.838. The van der Waals surface area contributed by atoms with Crippen molar-refractivity contribution in [2.45, 2.75) is 12.8 Å². The molecule has 1 aromatic rings. The summed E-state index contributed by atoms with van der Waals surface area (Å²) >= 11 is 0. The molecule has 7 nitrogen and oxygen atoms in total. The standard InChI is InChI=1S/C13H16N2O5S/c1-21(19,20)8-14-10-5-9(13(17)18)6-11(7-10)15-4-2-3-12(15)16/h5-7,14H,2-4,8H2,1H3,(H,17,18). The molecule has 0 saturated carbocycles. The maximum absolute atomic E-state index is 11.7. The first-order chi connectivity index (χ1) is 9.76. The topological polar surface area (TPSA) is 104 Å². The molecule has 114 valence electrons. The van der Waals surface area contributed by atoms with E-state index in [1.165, 1.54) is 17.0 Å². The lowest BCUT2D eigenvalue weighted by Gasteiger charge is -2.18. The van der Waals surface area contributed by atoms with Gasteiger partial charge in [0.1, 0.15) is 5.88 Å². The van der Waals surface area contributed by atoms with Crippen LogP contribution in [0.4, 0.5) is 11.4 Å². The molecule has 2 rings (SSSR count). The molecule has 1 fully saturated rings. The van der Waals surface area contributed by atoms with Crippen LogP contribution in [0.3, 0.4) is 0 Å². The van der Waals surface area contributed by atoms with Gasteiger partial charge in [-0.05, 0) is 24.6 Å². The zero-order chi connectivity index (χ0) is 15.6. The third-order valence-electron chi connectivity index (χ3n) is 3.09. The minimum atomic E-state index is -3.24. The van der Waals surface area contributed by atoms with Gasteiger partial charge in [0.25, 0.3) is 0 Å². The van der Waals surface area contributed by atoms with Gasteiger partial charge in [-0.1, -0.05) is 0 Å². The van der Waals surface area contributed by atoms with Crippen LogP contribution in [-0.2, 0) is 14.6 Å². The van der Waals surface area contributed by atoms with Gasteiger partial charge < -0.3 is 15.3 Å². The number of amides is 1. The number of hydrogen-bond acceptors (Lipinski definition) is 5. The first-order valence-corrected chi connectivity index (χ1v) is 8.43. The molecular formula is C13H16N2O5S. The normalized spacial score (nSPS) is 15.3. The monoisotopic (exact) mass is 312 g/mol. The fourth-order valence-electron chi connectivity index (χ4n) is 2.13. The van der Waals surface area contributed by atoms with Gasteiger partial charge in [-0.25, -0.2) is 13.2 Å². The lowest BCUT2D eigenvalue weighted by molar-refractivity contribution is -0.117. The Bertz CT molecular complexity index is 684. The van der Waals surface area contributed by atoms with Crippen LogP contribution < -0.4 is 10.2 Å². The van der Waals surface area contributed by atoms with Crippen LogP contribution in [-0.4, -0.2) is 44.1 Å². The maximum Gasteiger partial charge on any atom is 0.335 e. The number of rotatable bonds is 5. The lowest BCUT2D eigenvalue weighted by atomic mass is 10.1. The first-order valence-electron chi connectivity index (χ1n) is 6.36. The summed E-state index contributed by atoms with van der Waals surface area (Å²) in [4.78, 5) is 24.4. The summed E-state index contributed by atoms with van der Waals surface area (Å²) in [6.45, 7) is 0.535. The van der Waals surface area contributed by atoms with Crippen LogP contribution in [0.15, 0.2) is 18.2 Å². The minimum absolute atomic E-state index is 0.00296. The molecule has 1 amide bonds. The van der Waals surface area contributed by atoms with Crippen molar-refractivity contribution in [3.05, 3.63) is 23.8 Å². The Labute approximate surface area is 122 Å². The zero-order valence-electron chi connectivity index (χ0n) is 11.5. The number of carbonyl (C=O) groups excluding carboxylic acids is 1. The predicted octanol–water partition coefficient (Wildman–Crippen LogP) is 0.926. The number of anilines is 2. The number of sulfone groups is 1. The van der Waals surface area contributed by atoms with Crippen molar-refractivity contribution in [1.29, 1.82) is 0 Å². The van der Waals surface area contributed by atoms with Crippen LogP contribution in [0, 0.1) is 0 Å². The van der Waals surface area contributed by atoms with E-state index in [2.05, 4.69) is 5.32 Å². The summed E-state index contributed by atoms with van der Waals surface area (Å²) in [5.41, 5.74) is 0.826.